The third kappa shape index (κ3) is 5.75. The van der Waals surface area contributed by atoms with Crippen LogP contribution in [0.3, 0.4) is 0 Å². The monoisotopic (exact) mass is 362 g/mol. The molecule has 2 N–H and O–H groups in total. The third-order valence-corrected chi connectivity index (χ3v) is 5.86. The lowest BCUT2D eigenvalue weighted by atomic mass is 9.83. The maximum absolute atomic E-state index is 12.9. The Bertz CT molecular complexity index is 547. The van der Waals surface area contributed by atoms with Crippen LogP contribution in [0.2, 0.25) is 0 Å². The molecule has 0 saturated carbocycles. The van der Waals surface area contributed by atoms with Crippen LogP contribution in [0.25, 0.3) is 0 Å². The van der Waals surface area contributed by atoms with Crippen LogP contribution in [0.5, 0.6) is 0 Å². The second-order valence-electron chi connectivity index (χ2n) is 6.99. The van der Waals surface area contributed by atoms with Crippen LogP contribution in [0, 0.1) is 5.92 Å². The van der Waals surface area contributed by atoms with Crippen molar-refractivity contribution < 1.29 is 4.79 Å². The van der Waals surface area contributed by atoms with Crippen LogP contribution in [-0.2, 0) is 11.2 Å². The molecule has 0 saturated heterocycles. The van der Waals surface area contributed by atoms with Crippen molar-refractivity contribution in [1.82, 2.24) is 10.6 Å². The summed E-state index contributed by atoms with van der Waals surface area (Å²) < 4.78 is 0. The third-order valence-electron chi connectivity index (χ3n) is 5.13. The van der Waals surface area contributed by atoms with Crippen LogP contribution in [0.15, 0.2) is 23.1 Å². The van der Waals surface area contributed by atoms with E-state index in [-0.39, 0.29) is 17.9 Å². The Morgan fingerprint density at radius 3 is 2.80 bits per heavy atom. The lowest BCUT2D eigenvalue weighted by Gasteiger charge is -2.33. The fourth-order valence-corrected chi connectivity index (χ4v) is 4.12. The Morgan fingerprint density at radius 1 is 1.28 bits per heavy atom. The van der Waals surface area contributed by atoms with Crippen molar-refractivity contribution in [2.24, 2.45) is 5.92 Å². The summed E-state index contributed by atoms with van der Waals surface area (Å²) in [4.78, 5) is 14.2. The predicted octanol–water partition coefficient (Wildman–Crippen LogP) is 4.71. The quantitative estimate of drug-likeness (QED) is 0.468. The number of nitrogens with one attached hydrogen (secondary N) is 2. The van der Waals surface area contributed by atoms with Gasteiger partial charge >= 0.3 is 0 Å². The summed E-state index contributed by atoms with van der Waals surface area (Å²) in [6.07, 6.45) is 9.80. The van der Waals surface area contributed by atoms with Gasteiger partial charge in [0.25, 0.3) is 0 Å². The van der Waals surface area contributed by atoms with E-state index in [1.807, 2.05) is 0 Å². The molecule has 1 aliphatic rings. The molecular weight excluding hydrogens is 328 g/mol. The zero-order chi connectivity index (χ0) is 18.1. The maximum Gasteiger partial charge on any atom is 0.225 e. The van der Waals surface area contributed by atoms with E-state index < -0.39 is 0 Å². The molecule has 4 heteroatoms. The molecule has 2 unspecified atom stereocenters. The first-order valence-electron chi connectivity index (χ1n) is 9.89. The van der Waals surface area contributed by atoms with Gasteiger partial charge in [0.05, 0.1) is 5.92 Å². The fourth-order valence-electron chi connectivity index (χ4n) is 3.65. The first-order valence-corrected chi connectivity index (χ1v) is 11.1. The Morgan fingerprint density at radius 2 is 2.08 bits per heavy atom. The van der Waals surface area contributed by atoms with Gasteiger partial charge in [-0.3, -0.25) is 4.79 Å². The van der Waals surface area contributed by atoms with Gasteiger partial charge < -0.3 is 10.6 Å². The van der Waals surface area contributed by atoms with Crippen molar-refractivity contribution in [3.63, 3.8) is 0 Å². The summed E-state index contributed by atoms with van der Waals surface area (Å²) in [7, 11) is 0. The standard InChI is InChI=1S/C21H34N2OS/c1-4-6-8-13-23-21(24)19(9-7-5-2)20-18-11-10-17(25-3)15-16(18)12-14-22-20/h10-11,15,19-20,22H,4-9,12-14H2,1-3H3,(H,23,24). The summed E-state index contributed by atoms with van der Waals surface area (Å²) in [5, 5.41) is 6.83. The molecule has 0 fully saturated rings. The molecule has 0 spiro atoms. The largest absolute Gasteiger partial charge is 0.356 e. The molecule has 0 aliphatic carbocycles. The first-order chi connectivity index (χ1) is 12.2. The van der Waals surface area contributed by atoms with E-state index in [0.717, 1.165) is 45.2 Å². The lowest BCUT2D eigenvalue weighted by molar-refractivity contribution is -0.126. The summed E-state index contributed by atoms with van der Waals surface area (Å²) >= 11 is 1.79. The molecule has 2 rings (SSSR count). The molecule has 0 aromatic heterocycles. The number of thioether (sulfide) groups is 1. The minimum Gasteiger partial charge on any atom is -0.356 e. The highest BCUT2D eigenvalue weighted by atomic mass is 32.2. The van der Waals surface area contributed by atoms with Crippen molar-refractivity contribution in [3.05, 3.63) is 29.3 Å². The van der Waals surface area contributed by atoms with E-state index in [4.69, 9.17) is 0 Å². The molecule has 25 heavy (non-hydrogen) atoms. The molecule has 0 bridgehead atoms. The molecule has 3 nitrogen and oxygen atoms in total. The number of benzene rings is 1. The molecular formula is C21H34N2OS. The Labute approximate surface area is 157 Å². The lowest BCUT2D eigenvalue weighted by Crippen LogP contribution is -2.42. The number of carbonyl (C=O) groups excluding carboxylic acids is 1. The summed E-state index contributed by atoms with van der Waals surface area (Å²) in [5.41, 5.74) is 2.74. The number of amides is 1. The van der Waals surface area contributed by atoms with Gasteiger partial charge in [0.2, 0.25) is 5.91 Å². The van der Waals surface area contributed by atoms with Crippen molar-refractivity contribution >= 4 is 17.7 Å². The first kappa shape index (κ1) is 20.3. The van der Waals surface area contributed by atoms with Gasteiger partial charge in [0, 0.05) is 17.5 Å². The molecule has 1 aliphatic heterocycles. The van der Waals surface area contributed by atoms with Crippen LogP contribution in [-0.4, -0.2) is 25.3 Å². The molecule has 1 heterocycles. The van der Waals surface area contributed by atoms with E-state index in [9.17, 15) is 4.79 Å². The minimum absolute atomic E-state index is 0.0285. The second kappa shape index (κ2) is 10.9. The topological polar surface area (TPSA) is 41.1 Å². The number of hydrogen-bond acceptors (Lipinski definition) is 3. The Kier molecular flexibility index (Phi) is 8.83. The number of fused-ring (bicyclic) bond motifs is 1. The van der Waals surface area contributed by atoms with Gasteiger partial charge in [0.15, 0.2) is 0 Å². The van der Waals surface area contributed by atoms with Gasteiger partial charge in [-0.05, 0) is 55.3 Å². The molecule has 1 aromatic carbocycles. The maximum atomic E-state index is 12.9. The van der Waals surface area contributed by atoms with Gasteiger partial charge in [-0.25, -0.2) is 0 Å². The predicted molar refractivity (Wildman–Crippen MR) is 108 cm³/mol. The normalized spacial score (nSPS) is 17.8. The zero-order valence-electron chi connectivity index (χ0n) is 16.1. The molecule has 0 radical (unpaired) electrons. The number of rotatable bonds is 10. The van der Waals surface area contributed by atoms with E-state index in [1.165, 1.54) is 28.9 Å². The fraction of sp³-hybridized carbons (Fsp3) is 0.667. The molecule has 140 valence electrons. The average molecular weight is 363 g/mol. The van der Waals surface area contributed by atoms with Crippen LogP contribution in [0.4, 0.5) is 0 Å². The van der Waals surface area contributed by atoms with E-state index in [2.05, 4.69) is 48.9 Å². The van der Waals surface area contributed by atoms with Gasteiger partial charge in [-0.1, -0.05) is 45.6 Å². The minimum atomic E-state index is 0.0285. The molecule has 1 aromatic rings. The van der Waals surface area contributed by atoms with Crippen LogP contribution in [0.1, 0.15) is 69.5 Å². The smallest absolute Gasteiger partial charge is 0.225 e. The summed E-state index contributed by atoms with van der Waals surface area (Å²) in [6.45, 7) is 6.16. The SMILES string of the molecule is CCCCCNC(=O)C(CCCC)C1NCCc2cc(SC)ccc21. The Hall–Kier alpha value is -1.00. The summed E-state index contributed by atoms with van der Waals surface area (Å²) in [6, 6.07) is 6.89. The highest BCUT2D eigenvalue weighted by molar-refractivity contribution is 7.98. The van der Waals surface area contributed by atoms with Gasteiger partial charge in [-0.2, -0.15) is 0 Å². The second-order valence-corrected chi connectivity index (χ2v) is 7.87. The van der Waals surface area contributed by atoms with Crippen LogP contribution < -0.4 is 10.6 Å². The van der Waals surface area contributed by atoms with E-state index in [0.29, 0.717) is 0 Å². The summed E-state index contributed by atoms with van der Waals surface area (Å²) in [5.74, 6) is 0.254. The highest BCUT2D eigenvalue weighted by Gasteiger charge is 2.32. The van der Waals surface area contributed by atoms with Gasteiger partial charge in [0.1, 0.15) is 0 Å². The number of hydrogen-bond donors (Lipinski definition) is 2. The molecule has 2 atom stereocenters. The zero-order valence-corrected chi connectivity index (χ0v) is 16.9. The van der Waals surface area contributed by atoms with Crippen molar-refractivity contribution in [2.45, 2.75) is 69.7 Å². The van der Waals surface area contributed by atoms with Crippen LogP contribution >= 0.6 is 11.8 Å². The number of unbranched alkanes of at least 4 members (excludes halogenated alkanes) is 3. The molecule has 1 amide bonds. The highest BCUT2D eigenvalue weighted by Crippen LogP contribution is 2.33. The number of carbonyl (C=O) groups is 1. The Balaban J connectivity index is 2.13. The van der Waals surface area contributed by atoms with Crippen molar-refractivity contribution in [3.8, 4) is 0 Å². The average Bonchev–Trinajstić information content (AvgIpc) is 2.65. The van der Waals surface area contributed by atoms with E-state index in [1.54, 1.807) is 11.8 Å². The van der Waals surface area contributed by atoms with E-state index >= 15 is 0 Å². The van der Waals surface area contributed by atoms with Gasteiger partial charge in [-0.15, -0.1) is 11.8 Å². The van der Waals surface area contributed by atoms with Crippen molar-refractivity contribution in [2.75, 3.05) is 19.3 Å². The van der Waals surface area contributed by atoms with Crippen molar-refractivity contribution in [1.29, 1.82) is 0 Å².